The molecule has 0 atom stereocenters. The minimum absolute atomic E-state index is 0.183. The van der Waals surface area contributed by atoms with Crippen molar-refractivity contribution in [3.63, 3.8) is 0 Å². The van der Waals surface area contributed by atoms with Gasteiger partial charge in [-0.2, -0.15) is 8.42 Å². The molecule has 1 aromatic carbocycles. The molecule has 1 fully saturated rings. The minimum Gasteiger partial charge on any atom is -0.465 e. The Bertz CT molecular complexity index is 599. The maximum Gasteiger partial charge on any atom is 0.407 e. The summed E-state index contributed by atoms with van der Waals surface area (Å²) in [5.41, 5.74) is 3.68. The van der Waals surface area contributed by atoms with Crippen LogP contribution in [0.2, 0.25) is 0 Å². The fraction of sp³-hybridized carbons (Fsp3) is 0.462. The number of carboxylic acid groups (broad SMARTS) is 1. The van der Waals surface area contributed by atoms with E-state index in [2.05, 4.69) is 5.43 Å². The highest BCUT2D eigenvalue weighted by Gasteiger charge is 2.29. The number of piperidine rings is 1. The number of hydrogen-bond donors (Lipinski definition) is 3. The van der Waals surface area contributed by atoms with Gasteiger partial charge in [0.25, 0.3) is 10.1 Å². The second kappa shape index (κ2) is 6.95. The maximum atomic E-state index is 11.2. The Morgan fingerprint density at radius 1 is 1.27 bits per heavy atom. The summed E-state index contributed by atoms with van der Waals surface area (Å²) in [5.74, 6) is -0.556. The summed E-state index contributed by atoms with van der Waals surface area (Å²) in [4.78, 5) is 12.2. The van der Waals surface area contributed by atoms with Crippen molar-refractivity contribution in [2.75, 3.05) is 24.4 Å². The number of nitrogens with zero attached hydrogens (tertiary/aromatic N) is 2. The Kier molecular flexibility index (Phi) is 5.22. The Balaban J connectivity index is 2.06. The summed E-state index contributed by atoms with van der Waals surface area (Å²) >= 11 is 0. The van der Waals surface area contributed by atoms with E-state index in [-0.39, 0.29) is 6.04 Å². The smallest absolute Gasteiger partial charge is 0.407 e. The van der Waals surface area contributed by atoms with Crippen LogP contribution in [0.25, 0.3) is 0 Å². The second-order valence-corrected chi connectivity index (χ2v) is 6.58. The molecular weight excluding hydrogens is 310 g/mol. The van der Waals surface area contributed by atoms with E-state index in [0.717, 1.165) is 0 Å². The molecule has 0 saturated carbocycles. The summed E-state index contributed by atoms with van der Waals surface area (Å²) in [6, 6.07) is 8.83. The molecule has 1 aliphatic heterocycles. The third-order valence-corrected chi connectivity index (χ3v) is 4.13. The van der Waals surface area contributed by atoms with E-state index in [9.17, 15) is 13.2 Å². The van der Waals surface area contributed by atoms with Crippen LogP contribution in [-0.4, -0.2) is 59.1 Å². The van der Waals surface area contributed by atoms with Gasteiger partial charge < -0.3 is 15.4 Å². The number of hydrazine groups is 1. The number of carbonyl (C=O) groups is 1. The first kappa shape index (κ1) is 16.5. The van der Waals surface area contributed by atoms with E-state index < -0.39 is 22.1 Å². The van der Waals surface area contributed by atoms with Gasteiger partial charge in [0.2, 0.25) is 0 Å². The second-order valence-electron chi connectivity index (χ2n) is 5.16. The van der Waals surface area contributed by atoms with Gasteiger partial charge in [-0.05, 0) is 25.0 Å². The van der Waals surface area contributed by atoms with Crippen LogP contribution in [0.15, 0.2) is 30.3 Å². The summed E-state index contributed by atoms with van der Waals surface area (Å²) in [6.45, 7) is 0.664. The predicted molar refractivity (Wildman–Crippen MR) is 80.9 cm³/mol. The van der Waals surface area contributed by atoms with Crippen molar-refractivity contribution < 1.29 is 22.9 Å². The number of rotatable bonds is 5. The number of amides is 1. The van der Waals surface area contributed by atoms with Gasteiger partial charge in [0.15, 0.2) is 0 Å². The zero-order valence-electron chi connectivity index (χ0n) is 11.9. The fourth-order valence-electron chi connectivity index (χ4n) is 2.45. The molecule has 122 valence electrons. The highest BCUT2D eigenvalue weighted by Crippen LogP contribution is 2.19. The van der Waals surface area contributed by atoms with Crippen LogP contribution in [0.1, 0.15) is 12.8 Å². The van der Waals surface area contributed by atoms with E-state index in [0.29, 0.717) is 31.6 Å². The molecule has 9 heteroatoms. The maximum absolute atomic E-state index is 11.2. The van der Waals surface area contributed by atoms with Crippen LogP contribution >= 0.6 is 0 Å². The van der Waals surface area contributed by atoms with E-state index in [1.807, 2.05) is 6.07 Å². The van der Waals surface area contributed by atoms with Crippen LogP contribution in [0, 0.1) is 0 Å². The Labute approximate surface area is 129 Å². The van der Waals surface area contributed by atoms with Gasteiger partial charge in [0, 0.05) is 24.8 Å². The first-order valence-corrected chi connectivity index (χ1v) is 8.47. The van der Waals surface area contributed by atoms with Crippen molar-refractivity contribution in [1.82, 2.24) is 9.91 Å². The van der Waals surface area contributed by atoms with E-state index in [4.69, 9.17) is 9.66 Å². The molecule has 0 spiro atoms. The molecule has 1 heterocycles. The van der Waals surface area contributed by atoms with E-state index >= 15 is 0 Å². The van der Waals surface area contributed by atoms with Crippen LogP contribution in [-0.2, 0) is 10.1 Å². The van der Waals surface area contributed by atoms with Crippen LogP contribution in [0.4, 0.5) is 10.5 Å². The van der Waals surface area contributed by atoms with Crippen molar-refractivity contribution in [3.05, 3.63) is 30.3 Å². The van der Waals surface area contributed by atoms with E-state index in [1.165, 1.54) is 9.91 Å². The highest BCUT2D eigenvalue weighted by molar-refractivity contribution is 7.85. The molecule has 0 radical (unpaired) electrons. The topological polar surface area (TPSA) is 110 Å². The Morgan fingerprint density at radius 3 is 2.36 bits per heavy atom. The third kappa shape index (κ3) is 4.86. The summed E-state index contributed by atoms with van der Waals surface area (Å²) in [5, 5.41) is 10.4. The van der Waals surface area contributed by atoms with Gasteiger partial charge in [-0.3, -0.25) is 4.55 Å². The first-order chi connectivity index (χ1) is 10.3. The normalized spacial score (nSPS) is 16.7. The Hall–Kier alpha value is -1.84. The van der Waals surface area contributed by atoms with Gasteiger partial charge in [-0.1, -0.05) is 18.2 Å². The van der Waals surface area contributed by atoms with Crippen LogP contribution in [0.5, 0.6) is 0 Å². The predicted octanol–water partition coefficient (Wildman–Crippen LogP) is 1.30. The lowest BCUT2D eigenvalue weighted by atomic mass is 10.1. The van der Waals surface area contributed by atoms with Crippen molar-refractivity contribution in [1.29, 1.82) is 0 Å². The molecule has 0 unspecified atom stereocenters. The van der Waals surface area contributed by atoms with Gasteiger partial charge >= 0.3 is 6.09 Å². The zero-order chi connectivity index (χ0) is 16.2. The van der Waals surface area contributed by atoms with Crippen molar-refractivity contribution in [2.24, 2.45) is 0 Å². The molecule has 8 nitrogen and oxygen atoms in total. The van der Waals surface area contributed by atoms with Crippen molar-refractivity contribution in [3.8, 4) is 0 Å². The number of hydrogen-bond acceptors (Lipinski definition) is 5. The lowest BCUT2D eigenvalue weighted by molar-refractivity contribution is 0.109. The molecule has 0 aromatic heterocycles. The monoisotopic (exact) mass is 329 g/mol. The number of likely N-dealkylation sites (tertiary alicyclic amines) is 1. The molecule has 1 aliphatic rings. The first-order valence-electron chi connectivity index (χ1n) is 6.86. The van der Waals surface area contributed by atoms with Crippen molar-refractivity contribution in [2.45, 2.75) is 18.9 Å². The van der Waals surface area contributed by atoms with Crippen LogP contribution in [0.3, 0.4) is 0 Å². The Morgan fingerprint density at radius 2 is 1.86 bits per heavy atom. The standard InChI is InChI=1S/C13H19N3O5S/c17-13(18)15-8-6-12(7-9-15)16(10-22(19,20)21)14-11-4-2-1-3-5-11/h1-5,12,14H,6-10H2,(H,17,18)(H,19,20,21). The summed E-state index contributed by atoms with van der Waals surface area (Å²) in [7, 11) is -4.19. The largest absolute Gasteiger partial charge is 0.465 e. The summed E-state index contributed by atoms with van der Waals surface area (Å²) < 4.78 is 31.6. The molecular formula is C13H19N3O5S. The third-order valence-electron chi connectivity index (χ3n) is 3.52. The number of anilines is 1. The zero-order valence-corrected chi connectivity index (χ0v) is 12.7. The number of para-hydroxylation sites is 1. The molecule has 0 bridgehead atoms. The average Bonchev–Trinajstić information content (AvgIpc) is 2.46. The molecule has 1 aromatic rings. The fourth-order valence-corrected chi connectivity index (χ4v) is 3.08. The van der Waals surface area contributed by atoms with Gasteiger partial charge in [0.05, 0.1) is 0 Å². The molecule has 2 rings (SSSR count). The molecule has 1 amide bonds. The lowest BCUT2D eigenvalue weighted by Gasteiger charge is -2.37. The molecule has 1 saturated heterocycles. The van der Waals surface area contributed by atoms with E-state index in [1.54, 1.807) is 24.3 Å². The average molecular weight is 329 g/mol. The summed E-state index contributed by atoms with van der Waals surface area (Å²) in [6.07, 6.45) is -0.000610. The molecule has 22 heavy (non-hydrogen) atoms. The molecule has 3 N–H and O–H groups in total. The number of benzene rings is 1. The minimum atomic E-state index is -4.19. The quantitative estimate of drug-likeness (QED) is 0.551. The SMILES string of the molecule is O=C(O)N1CCC(N(CS(=O)(=O)O)Nc2ccccc2)CC1. The lowest BCUT2D eigenvalue weighted by Crippen LogP contribution is -2.49. The van der Waals surface area contributed by atoms with Gasteiger partial charge in [-0.15, -0.1) is 0 Å². The van der Waals surface area contributed by atoms with Crippen LogP contribution < -0.4 is 5.43 Å². The van der Waals surface area contributed by atoms with Gasteiger partial charge in [-0.25, -0.2) is 9.80 Å². The van der Waals surface area contributed by atoms with Crippen molar-refractivity contribution >= 4 is 21.9 Å². The number of nitrogens with one attached hydrogen (secondary N) is 1. The van der Waals surface area contributed by atoms with Gasteiger partial charge in [0.1, 0.15) is 5.88 Å². The molecule has 0 aliphatic carbocycles. The highest BCUT2D eigenvalue weighted by atomic mass is 32.2.